The van der Waals surface area contributed by atoms with Crippen molar-refractivity contribution in [2.75, 3.05) is 12.1 Å². The van der Waals surface area contributed by atoms with E-state index < -0.39 is 34.5 Å². The summed E-state index contributed by atoms with van der Waals surface area (Å²) in [7, 11) is 0. The molecule has 12 nitrogen and oxygen atoms in total. The first-order valence-electron chi connectivity index (χ1n) is 9.69. The van der Waals surface area contributed by atoms with Gasteiger partial charge in [0.2, 0.25) is 18.1 Å². The molecule has 4 rings (SSSR count). The quantitative estimate of drug-likeness (QED) is 0.429. The first kappa shape index (κ1) is 20.9. The number of H-pyrrole nitrogens is 2. The van der Waals surface area contributed by atoms with Crippen molar-refractivity contribution in [2.45, 2.75) is 26.4 Å². The van der Waals surface area contributed by atoms with Gasteiger partial charge < -0.3 is 29.7 Å². The summed E-state index contributed by atoms with van der Waals surface area (Å²) < 4.78 is 12.4. The number of carbonyl (C=O) groups is 2. The first-order valence-corrected chi connectivity index (χ1v) is 9.69. The molecule has 12 heteroatoms. The smallest absolute Gasteiger partial charge is 0.325 e. The Balaban J connectivity index is 1.60. The zero-order chi connectivity index (χ0) is 23.0. The van der Waals surface area contributed by atoms with Gasteiger partial charge in [-0.05, 0) is 19.9 Å². The van der Waals surface area contributed by atoms with Crippen LogP contribution >= 0.6 is 0 Å². The van der Waals surface area contributed by atoms with Gasteiger partial charge in [0.15, 0.2) is 11.5 Å². The molecule has 166 valence electrons. The third kappa shape index (κ3) is 3.73. The van der Waals surface area contributed by atoms with Gasteiger partial charge in [-0.15, -0.1) is 0 Å². The number of pyridine rings is 1. The molecule has 3 aromatic rings. The van der Waals surface area contributed by atoms with Crippen LogP contribution in [0.4, 0.5) is 5.69 Å². The topological polar surface area (TPSA) is 164 Å². The van der Waals surface area contributed by atoms with Crippen molar-refractivity contribution in [3.8, 4) is 11.5 Å². The van der Waals surface area contributed by atoms with Crippen LogP contribution in [0.5, 0.6) is 11.5 Å². The van der Waals surface area contributed by atoms with Crippen LogP contribution in [0.1, 0.15) is 24.2 Å². The molecule has 1 aliphatic heterocycles. The standard InChI is InChI=1S/C20H19N5O7/c1-3-25-7-11(16(26)10-4-14-15(5-13(10)25)32-8-31-14)18(28)22-9(2)17(27)23-12-6-21-20(30)24-19(12)29/h4-7,9H,3,8H2,1-2H3,(H,22,28)(H,23,27)(H2,21,24,29,30). The largest absolute Gasteiger partial charge is 0.454 e. The van der Waals surface area contributed by atoms with E-state index in [1.54, 1.807) is 10.6 Å². The molecule has 0 saturated carbocycles. The lowest BCUT2D eigenvalue weighted by Crippen LogP contribution is -2.44. The fraction of sp³-hybridized carbons (Fsp3) is 0.250. The van der Waals surface area contributed by atoms with Crippen molar-refractivity contribution in [1.82, 2.24) is 19.9 Å². The molecule has 0 radical (unpaired) electrons. The summed E-state index contributed by atoms with van der Waals surface area (Å²) in [6.07, 6.45) is 2.46. The molecule has 1 aliphatic rings. The van der Waals surface area contributed by atoms with E-state index in [1.165, 1.54) is 19.2 Å². The Bertz CT molecular complexity index is 1420. The molecule has 2 aromatic heterocycles. The molecule has 1 unspecified atom stereocenters. The predicted molar refractivity (Wildman–Crippen MR) is 113 cm³/mol. The lowest BCUT2D eigenvalue weighted by Gasteiger charge is -2.15. The van der Waals surface area contributed by atoms with Gasteiger partial charge in [-0.1, -0.05) is 0 Å². The summed E-state index contributed by atoms with van der Waals surface area (Å²) in [5.41, 5.74) is -1.79. The van der Waals surface area contributed by atoms with Crippen LogP contribution in [0.2, 0.25) is 0 Å². The van der Waals surface area contributed by atoms with Crippen molar-refractivity contribution in [1.29, 1.82) is 0 Å². The summed E-state index contributed by atoms with van der Waals surface area (Å²) in [5.74, 6) is -0.543. The fourth-order valence-electron chi connectivity index (χ4n) is 3.29. The number of nitrogens with zero attached hydrogens (tertiary/aromatic N) is 1. The van der Waals surface area contributed by atoms with Gasteiger partial charge in [-0.3, -0.25) is 24.2 Å². The second kappa shape index (κ2) is 8.06. The maximum atomic E-state index is 13.0. The van der Waals surface area contributed by atoms with E-state index in [2.05, 4.69) is 15.6 Å². The lowest BCUT2D eigenvalue weighted by atomic mass is 10.1. The van der Waals surface area contributed by atoms with Crippen molar-refractivity contribution in [3.05, 3.63) is 61.2 Å². The number of hydrogen-bond donors (Lipinski definition) is 4. The Morgan fingerprint density at radius 1 is 1.19 bits per heavy atom. The molecule has 1 aromatic carbocycles. The number of nitrogens with one attached hydrogen (secondary N) is 4. The molecule has 4 N–H and O–H groups in total. The lowest BCUT2D eigenvalue weighted by molar-refractivity contribution is -0.117. The minimum absolute atomic E-state index is 0.0457. The van der Waals surface area contributed by atoms with Gasteiger partial charge in [0.25, 0.3) is 11.5 Å². The maximum Gasteiger partial charge on any atom is 0.325 e. The molecule has 0 aliphatic carbocycles. The monoisotopic (exact) mass is 441 g/mol. The van der Waals surface area contributed by atoms with Crippen LogP contribution < -0.4 is 36.8 Å². The average Bonchev–Trinajstić information content (AvgIpc) is 3.22. The van der Waals surface area contributed by atoms with Crippen molar-refractivity contribution in [3.63, 3.8) is 0 Å². The zero-order valence-electron chi connectivity index (χ0n) is 17.1. The average molecular weight is 441 g/mol. The van der Waals surface area contributed by atoms with Crippen LogP contribution in [0.25, 0.3) is 10.9 Å². The Kier molecular flexibility index (Phi) is 5.26. The van der Waals surface area contributed by atoms with Crippen LogP contribution in [0.15, 0.2) is 38.9 Å². The minimum Gasteiger partial charge on any atom is -0.454 e. The van der Waals surface area contributed by atoms with E-state index in [0.29, 0.717) is 23.6 Å². The number of amides is 2. The van der Waals surface area contributed by atoms with Gasteiger partial charge in [0, 0.05) is 25.0 Å². The van der Waals surface area contributed by atoms with Gasteiger partial charge >= 0.3 is 5.69 Å². The Morgan fingerprint density at radius 2 is 1.91 bits per heavy atom. The number of aromatic amines is 2. The van der Waals surface area contributed by atoms with Crippen LogP contribution in [0, 0.1) is 0 Å². The van der Waals surface area contributed by atoms with Gasteiger partial charge in [0.1, 0.15) is 17.3 Å². The molecule has 0 fully saturated rings. The number of carbonyl (C=O) groups excluding carboxylic acids is 2. The maximum absolute atomic E-state index is 13.0. The summed E-state index contributed by atoms with van der Waals surface area (Å²) >= 11 is 0. The highest BCUT2D eigenvalue weighted by Crippen LogP contribution is 2.35. The van der Waals surface area contributed by atoms with Crippen molar-refractivity contribution in [2.24, 2.45) is 0 Å². The highest BCUT2D eigenvalue weighted by molar-refractivity contribution is 6.02. The SMILES string of the molecule is CCn1cc(C(=O)NC(C)C(=O)Nc2c[nH]c(=O)[nH]c2=O)c(=O)c2cc3c(cc21)OCO3. The molecule has 0 bridgehead atoms. The van der Waals surface area contributed by atoms with Crippen LogP contribution in [0.3, 0.4) is 0 Å². The number of aryl methyl sites for hydroxylation is 1. The Hall–Kier alpha value is -4.35. The van der Waals surface area contributed by atoms with Crippen molar-refractivity contribution >= 4 is 28.4 Å². The summed E-state index contributed by atoms with van der Waals surface area (Å²) in [6, 6.07) is 2.12. The van der Waals surface area contributed by atoms with E-state index in [4.69, 9.17) is 9.47 Å². The second-order valence-corrected chi connectivity index (χ2v) is 7.05. The van der Waals surface area contributed by atoms with E-state index in [1.807, 2.05) is 11.9 Å². The third-order valence-electron chi connectivity index (χ3n) is 4.98. The summed E-state index contributed by atoms with van der Waals surface area (Å²) in [6.45, 7) is 3.77. The van der Waals surface area contributed by atoms with Crippen molar-refractivity contribution < 1.29 is 19.1 Å². The second-order valence-electron chi connectivity index (χ2n) is 7.05. The van der Waals surface area contributed by atoms with E-state index in [9.17, 15) is 24.0 Å². The normalized spacial score (nSPS) is 13.1. The molecule has 1 atom stereocenters. The minimum atomic E-state index is -1.09. The van der Waals surface area contributed by atoms with E-state index in [-0.39, 0.29) is 23.4 Å². The number of benzene rings is 1. The van der Waals surface area contributed by atoms with Crippen LogP contribution in [-0.2, 0) is 11.3 Å². The molecule has 32 heavy (non-hydrogen) atoms. The highest BCUT2D eigenvalue weighted by Gasteiger charge is 2.23. The first-order chi connectivity index (χ1) is 15.3. The highest BCUT2D eigenvalue weighted by atomic mass is 16.7. The number of hydrogen-bond acceptors (Lipinski definition) is 7. The number of anilines is 1. The fourth-order valence-corrected chi connectivity index (χ4v) is 3.29. The molecule has 0 spiro atoms. The Morgan fingerprint density at radius 3 is 2.59 bits per heavy atom. The number of fused-ring (bicyclic) bond motifs is 2. The summed E-state index contributed by atoms with van der Waals surface area (Å²) in [4.78, 5) is 65.2. The van der Waals surface area contributed by atoms with Gasteiger partial charge in [-0.25, -0.2) is 4.79 Å². The van der Waals surface area contributed by atoms with Gasteiger partial charge in [0.05, 0.1) is 10.9 Å². The third-order valence-corrected chi connectivity index (χ3v) is 4.98. The summed E-state index contributed by atoms with van der Waals surface area (Å²) in [5, 5.41) is 5.04. The van der Waals surface area contributed by atoms with E-state index >= 15 is 0 Å². The molecule has 3 heterocycles. The number of aromatic nitrogens is 3. The Labute approximate surface area is 179 Å². The molecule has 0 saturated heterocycles. The molecular formula is C20H19N5O7. The van der Waals surface area contributed by atoms with Crippen LogP contribution in [-0.4, -0.2) is 39.2 Å². The molecular weight excluding hydrogens is 422 g/mol. The van der Waals surface area contributed by atoms with E-state index in [0.717, 1.165) is 6.20 Å². The van der Waals surface area contributed by atoms with Gasteiger partial charge in [-0.2, -0.15) is 0 Å². The number of rotatable bonds is 5. The predicted octanol–water partition coefficient (Wildman–Crippen LogP) is -0.116. The zero-order valence-corrected chi connectivity index (χ0v) is 17.1. The number of ether oxygens (including phenoxy) is 2. The molecule has 2 amide bonds.